The summed E-state index contributed by atoms with van der Waals surface area (Å²) in [5.74, 6) is 0.849. The highest BCUT2D eigenvalue weighted by molar-refractivity contribution is 6.21. The van der Waals surface area contributed by atoms with E-state index in [0.29, 0.717) is 16.2 Å². The predicted octanol–water partition coefficient (Wildman–Crippen LogP) is 3.19. The first kappa shape index (κ1) is 12.6. The molecule has 2 N–H and O–H groups in total. The van der Waals surface area contributed by atoms with E-state index in [0.717, 1.165) is 18.9 Å². The van der Waals surface area contributed by atoms with Crippen molar-refractivity contribution in [2.75, 3.05) is 6.54 Å². The Balaban J connectivity index is 0.000000980. The summed E-state index contributed by atoms with van der Waals surface area (Å²) in [5.41, 5.74) is 6.50. The van der Waals surface area contributed by atoms with E-state index in [-0.39, 0.29) is 12.4 Å². The van der Waals surface area contributed by atoms with E-state index in [2.05, 4.69) is 13.8 Å². The molecule has 0 amide bonds. The lowest BCUT2D eigenvalue weighted by Crippen LogP contribution is -2.38. The molecule has 0 aromatic rings. The van der Waals surface area contributed by atoms with Crippen LogP contribution in [-0.4, -0.2) is 11.9 Å². The van der Waals surface area contributed by atoms with Gasteiger partial charge in [0, 0.05) is 5.38 Å². The number of fused-ring (bicyclic) bond motifs is 2. The van der Waals surface area contributed by atoms with Gasteiger partial charge in [-0.2, -0.15) is 0 Å². The van der Waals surface area contributed by atoms with Gasteiger partial charge >= 0.3 is 0 Å². The Kier molecular flexibility index (Phi) is 3.46. The van der Waals surface area contributed by atoms with Crippen molar-refractivity contribution in [3.05, 3.63) is 0 Å². The maximum Gasteiger partial charge on any atom is 0.0400 e. The van der Waals surface area contributed by atoms with Crippen molar-refractivity contribution in [3.8, 4) is 0 Å². The molecule has 0 aliphatic heterocycles. The first-order valence-electron chi connectivity index (χ1n) is 5.39. The molecule has 2 saturated carbocycles. The van der Waals surface area contributed by atoms with Crippen LogP contribution in [0.5, 0.6) is 0 Å². The van der Waals surface area contributed by atoms with Gasteiger partial charge in [-0.1, -0.05) is 13.8 Å². The van der Waals surface area contributed by atoms with Crippen molar-refractivity contribution >= 4 is 24.0 Å². The van der Waals surface area contributed by atoms with E-state index in [1.165, 1.54) is 19.3 Å². The Morgan fingerprint density at radius 1 is 1.43 bits per heavy atom. The summed E-state index contributed by atoms with van der Waals surface area (Å²) >= 11 is 6.47. The van der Waals surface area contributed by atoms with Gasteiger partial charge in [-0.3, -0.25) is 0 Å². The smallest absolute Gasteiger partial charge is 0.0400 e. The van der Waals surface area contributed by atoms with E-state index in [1.807, 2.05) is 0 Å². The van der Waals surface area contributed by atoms with Crippen LogP contribution in [0.4, 0.5) is 0 Å². The van der Waals surface area contributed by atoms with Crippen molar-refractivity contribution in [3.63, 3.8) is 0 Å². The predicted molar refractivity (Wildman–Crippen MR) is 64.1 cm³/mol. The van der Waals surface area contributed by atoms with Crippen molar-refractivity contribution in [2.24, 2.45) is 22.5 Å². The van der Waals surface area contributed by atoms with Gasteiger partial charge in [-0.05, 0) is 49.0 Å². The fourth-order valence-corrected chi connectivity index (χ4v) is 4.55. The molecule has 2 aliphatic rings. The molecule has 0 unspecified atom stereocenters. The molecule has 2 bridgehead atoms. The largest absolute Gasteiger partial charge is 0.330 e. The number of hydrogen-bond acceptors (Lipinski definition) is 1. The second-order valence-electron chi connectivity index (χ2n) is 5.36. The zero-order valence-corrected chi connectivity index (χ0v) is 10.6. The lowest BCUT2D eigenvalue weighted by atomic mass is 9.67. The summed E-state index contributed by atoms with van der Waals surface area (Å²) in [6.45, 7) is 5.57. The lowest BCUT2D eigenvalue weighted by Gasteiger charge is -2.40. The Morgan fingerprint density at radius 2 is 2.07 bits per heavy atom. The van der Waals surface area contributed by atoms with Gasteiger partial charge in [-0.15, -0.1) is 24.0 Å². The van der Waals surface area contributed by atoms with Crippen molar-refractivity contribution in [1.82, 2.24) is 0 Å². The van der Waals surface area contributed by atoms with Gasteiger partial charge in [0.05, 0.1) is 0 Å². The fraction of sp³-hybridized carbons (Fsp3) is 1.00. The second-order valence-corrected chi connectivity index (χ2v) is 5.88. The third-order valence-electron chi connectivity index (χ3n) is 4.92. The molecule has 0 aromatic heterocycles. The van der Waals surface area contributed by atoms with Crippen molar-refractivity contribution in [1.29, 1.82) is 0 Å². The number of rotatable bonds is 2. The number of hydrogen-bond donors (Lipinski definition) is 1. The van der Waals surface area contributed by atoms with Gasteiger partial charge in [0.15, 0.2) is 0 Å². The molecule has 0 aromatic carbocycles. The highest BCUT2D eigenvalue weighted by atomic mass is 35.5. The first-order chi connectivity index (χ1) is 6.04. The van der Waals surface area contributed by atoms with Gasteiger partial charge in [-0.25, -0.2) is 0 Å². The van der Waals surface area contributed by atoms with Crippen LogP contribution in [0, 0.1) is 16.7 Å². The van der Waals surface area contributed by atoms with Gasteiger partial charge in [0.2, 0.25) is 0 Å². The van der Waals surface area contributed by atoms with Crippen LogP contribution in [0.15, 0.2) is 0 Å². The molecule has 14 heavy (non-hydrogen) atoms. The molecule has 0 heterocycles. The average Bonchev–Trinajstić information content (AvgIpc) is 2.38. The minimum absolute atomic E-state index is 0. The minimum atomic E-state index is 0. The maximum atomic E-state index is 6.47. The normalized spacial score (nSPS) is 43.7. The molecule has 2 fully saturated rings. The Bertz CT molecular complexity index is 217. The Hall–Kier alpha value is 0.540. The van der Waals surface area contributed by atoms with E-state index in [1.54, 1.807) is 0 Å². The quantitative estimate of drug-likeness (QED) is 0.734. The summed E-state index contributed by atoms with van der Waals surface area (Å²) in [5, 5.41) is 0.379. The van der Waals surface area contributed by atoms with E-state index >= 15 is 0 Å². The zero-order valence-electron chi connectivity index (χ0n) is 9.05. The molecule has 84 valence electrons. The third kappa shape index (κ3) is 1.32. The number of alkyl halides is 1. The third-order valence-corrected chi connectivity index (χ3v) is 5.52. The summed E-state index contributed by atoms with van der Waals surface area (Å²) in [6.07, 6.45) is 5.01. The van der Waals surface area contributed by atoms with Gasteiger partial charge in [0.25, 0.3) is 0 Å². The molecule has 0 saturated heterocycles. The molecular formula is C11H21Cl2N. The molecular weight excluding hydrogens is 217 g/mol. The maximum absolute atomic E-state index is 6.47. The standard InChI is InChI=1S/C11H20ClN.ClH/c1-10(2)8-3-4-11(10,5-6-13)9(12)7-8;/h8-9H,3-7,13H2,1-2H3;1H/t8-,9+,11-;/m0./s1. The Morgan fingerprint density at radius 3 is 2.43 bits per heavy atom. The highest BCUT2D eigenvalue weighted by Crippen LogP contribution is 2.68. The molecule has 2 rings (SSSR count). The molecule has 3 atom stereocenters. The molecule has 0 spiro atoms. The molecule has 3 heteroatoms. The lowest BCUT2D eigenvalue weighted by molar-refractivity contribution is 0.122. The van der Waals surface area contributed by atoms with Crippen LogP contribution >= 0.6 is 24.0 Å². The summed E-state index contributed by atoms with van der Waals surface area (Å²) in [4.78, 5) is 0. The number of halogens is 2. The summed E-state index contributed by atoms with van der Waals surface area (Å²) in [6, 6.07) is 0. The van der Waals surface area contributed by atoms with E-state index in [9.17, 15) is 0 Å². The van der Waals surface area contributed by atoms with Gasteiger partial charge in [0.1, 0.15) is 0 Å². The number of nitrogens with two attached hydrogens (primary N) is 1. The fourth-order valence-electron chi connectivity index (χ4n) is 3.83. The zero-order chi connectivity index (χ0) is 9.69. The topological polar surface area (TPSA) is 26.0 Å². The van der Waals surface area contributed by atoms with Crippen LogP contribution in [0.2, 0.25) is 0 Å². The van der Waals surface area contributed by atoms with Crippen LogP contribution in [0.3, 0.4) is 0 Å². The molecule has 0 radical (unpaired) electrons. The SMILES string of the molecule is CC1(C)[C@H]2CC[C@]1(CCN)[C@H](Cl)C2.Cl. The molecule has 2 aliphatic carbocycles. The summed E-state index contributed by atoms with van der Waals surface area (Å²) < 4.78 is 0. The van der Waals surface area contributed by atoms with Crippen LogP contribution < -0.4 is 5.73 Å². The van der Waals surface area contributed by atoms with E-state index in [4.69, 9.17) is 17.3 Å². The van der Waals surface area contributed by atoms with Crippen LogP contribution in [-0.2, 0) is 0 Å². The van der Waals surface area contributed by atoms with Crippen LogP contribution in [0.25, 0.3) is 0 Å². The Labute approximate surface area is 98.2 Å². The summed E-state index contributed by atoms with van der Waals surface area (Å²) in [7, 11) is 0. The monoisotopic (exact) mass is 237 g/mol. The minimum Gasteiger partial charge on any atom is -0.330 e. The van der Waals surface area contributed by atoms with E-state index < -0.39 is 0 Å². The van der Waals surface area contributed by atoms with Crippen molar-refractivity contribution in [2.45, 2.75) is 44.9 Å². The van der Waals surface area contributed by atoms with Gasteiger partial charge < -0.3 is 5.73 Å². The highest BCUT2D eigenvalue weighted by Gasteiger charge is 2.62. The second kappa shape index (κ2) is 3.84. The molecule has 1 nitrogen and oxygen atoms in total. The van der Waals surface area contributed by atoms with Crippen molar-refractivity contribution < 1.29 is 0 Å². The van der Waals surface area contributed by atoms with Crippen LogP contribution in [0.1, 0.15) is 39.5 Å². The average molecular weight is 238 g/mol. The first-order valence-corrected chi connectivity index (χ1v) is 5.82.